The van der Waals surface area contributed by atoms with Crippen LogP contribution in [-0.2, 0) is 0 Å². The summed E-state index contributed by atoms with van der Waals surface area (Å²) < 4.78 is 5.83. The van der Waals surface area contributed by atoms with E-state index >= 15 is 0 Å². The van der Waals surface area contributed by atoms with E-state index in [1.807, 2.05) is 37.3 Å². The standard InChI is InChI=1S/C22H24N4O3/c1-4-26(5-2)17-11-10-16-12-18(20(23)27)22(29-19(16)13-17)25-24-21(28)15-8-6-14(3)7-9-15/h6-13H,4-5H2,1-3H3,(H2,23,27)(H,24,28)/b25-22+. The number of carbonyl (C=O) groups excluding carboxylic acids is 2. The van der Waals surface area contributed by atoms with E-state index in [0.717, 1.165) is 29.7 Å². The van der Waals surface area contributed by atoms with Crippen molar-refractivity contribution >= 4 is 28.5 Å². The zero-order chi connectivity index (χ0) is 21.0. The maximum Gasteiger partial charge on any atom is 0.271 e. The zero-order valence-corrected chi connectivity index (χ0v) is 16.7. The number of nitrogens with one attached hydrogen (secondary N) is 1. The minimum absolute atomic E-state index is 0.0397. The molecule has 2 aromatic carbocycles. The summed E-state index contributed by atoms with van der Waals surface area (Å²) >= 11 is 0. The first-order valence-corrected chi connectivity index (χ1v) is 9.46. The van der Waals surface area contributed by atoms with Crippen LogP contribution in [0.3, 0.4) is 0 Å². The molecule has 0 saturated heterocycles. The molecule has 0 aliphatic rings. The van der Waals surface area contributed by atoms with Gasteiger partial charge in [-0.15, -0.1) is 5.10 Å². The second-order valence-corrected chi connectivity index (χ2v) is 6.64. The SMILES string of the molecule is CCN(CC)c1ccc2cc(C(N)=O)/c(=N\NC(=O)c3ccc(C)cc3)oc2c1. The third kappa shape index (κ3) is 4.45. The van der Waals surface area contributed by atoms with E-state index in [0.29, 0.717) is 11.1 Å². The number of amides is 2. The molecule has 0 saturated carbocycles. The molecule has 7 heteroatoms. The summed E-state index contributed by atoms with van der Waals surface area (Å²) in [5, 5.41) is 4.73. The van der Waals surface area contributed by atoms with Crippen molar-refractivity contribution in [1.82, 2.24) is 5.43 Å². The predicted octanol–water partition coefficient (Wildman–Crippen LogP) is 2.93. The van der Waals surface area contributed by atoms with E-state index in [9.17, 15) is 9.59 Å². The maximum absolute atomic E-state index is 12.3. The Kier molecular flexibility index (Phi) is 5.97. The smallest absolute Gasteiger partial charge is 0.271 e. The lowest BCUT2D eigenvalue weighted by Crippen LogP contribution is -2.27. The van der Waals surface area contributed by atoms with Gasteiger partial charge in [0.15, 0.2) is 0 Å². The highest BCUT2D eigenvalue weighted by Gasteiger charge is 2.12. The van der Waals surface area contributed by atoms with Gasteiger partial charge in [0.05, 0.1) is 0 Å². The van der Waals surface area contributed by atoms with E-state index in [1.54, 1.807) is 18.2 Å². The number of rotatable bonds is 6. The van der Waals surface area contributed by atoms with Crippen LogP contribution in [0.15, 0.2) is 58.0 Å². The molecule has 0 aliphatic carbocycles. The number of benzene rings is 2. The topological polar surface area (TPSA) is 101 Å². The van der Waals surface area contributed by atoms with E-state index in [1.165, 1.54) is 0 Å². The monoisotopic (exact) mass is 392 g/mol. The second kappa shape index (κ2) is 8.60. The van der Waals surface area contributed by atoms with Gasteiger partial charge in [-0.25, -0.2) is 5.43 Å². The Hall–Kier alpha value is -3.61. The van der Waals surface area contributed by atoms with Crippen LogP contribution in [0.2, 0.25) is 0 Å². The van der Waals surface area contributed by atoms with Gasteiger partial charge >= 0.3 is 0 Å². The molecule has 0 atom stereocenters. The number of primary amides is 1. The number of carbonyl (C=O) groups is 2. The number of fused-ring (bicyclic) bond motifs is 1. The summed E-state index contributed by atoms with van der Waals surface area (Å²) in [6, 6.07) is 14.4. The molecule has 29 heavy (non-hydrogen) atoms. The van der Waals surface area contributed by atoms with Crippen molar-refractivity contribution in [2.24, 2.45) is 10.8 Å². The molecule has 3 aromatic rings. The van der Waals surface area contributed by atoms with Crippen molar-refractivity contribution < 1.29 is 14.0 Å². The van der Waals surface area contributed by atoms with Gasteiger partial charge in [0.1, 0.15) is 11.1 Å². The van der Waals surface area contributed by atoms with Gasteiger partial charge in [-0.1, -0.05) is 17.7 Å². The molecule has 0 fully saturated rings. The van der Waals surface area contributed by atoms with Crippen molar-refractivity contribution in [3.63, 3.8) is 0 Å². The van der Waals surface area contributed by atoms with Gasteiger partial charge in [0, 0.05) is 35.8 Å². The molecule has 1 heterocycles. The fourth-order valence-electron chi connectivity index (χ4n) is 3.02. The van der Waals surface area contributed by atoms with Crippen LogP contribution in [-0.4, -0.2) is 24.9 Å². The Labute approximate surface area is 168 Å². The first-order valence-electron chi connectivity index (χ1n) is 9.46. The lowest BCUT2D eigenvalue weighted by molar-refractivity contribution is 0.0946. The van der Waals surface area contributed by atoms with Gasteiger partial charge in [-0.3, -0.25) is 9.59 Å². The number of hydrogen-bond acceptors (Lipinski definition) is 5. The van der Waals surface area contributed by atoms with Gasteiger partial charge in [-0.2, -0.15) is 0 Å². The average Bonchev–Trinajstić information content (AvgIpc) is 2.72. The highest BCUT2D eigenvalue weighted by molar-refractivity contribution is 5.96. The van der Waals surface area contributed by atoms with Crippen molar-refractivity contribution in [3.8, 4) is 0 Å². The van der Waals surface area contributed by atoms with Crippen LogP contribution in [0, 0.1) is 6.92 Å². The molecule has 3 N–H and O–H groups in total. The minimum Gasteiger partial charge on any atom is -0.436 e. The molecule has 0 radical (unpaired) electrons. The van der Waals surface area contributed by atoms with Crippen molar-refractivity contribution in [1.29, 1.82) is 0 Å². The van der Waals surface area contributed by atoms with E-state index in [-0.39, 0.29) is 11.1 Å². The van der Waals surface area contributed by atoms with Crippen LogP contribution in [0.4, 0.5) is 5.69 Å². The molecule has 150 valence electrons. The number of hydrogen-bond donors (Lipinski definition) is 2. The molecule has 7 nitrogen and oxygen atoms in total. The van der Waals surface area contributed by atoms with Crippen LogP contribution < -0.4 is 21.6 Å². The molecular weight excluding hydrogens is 368 g/mol. The molecule has 1 aromatic heterocycles. The second-order valence-electron chi connectivity index (χ2n) is 6.64. The highest BCUT2D eigenvalue weighted by atomic mass is 16.3. The minimum atomic E-state index is -0.688. The fraction of sp³-hybridized carbons (Fsp3) is 0.227. The molecule has 2 amide bonds. The first kappa shape index (κ1) is 20.1. The number of aryl methyl sites for hydroxylation is 1. The summed E-state index contributed by atoms with van der Waals surface area (Å²) in [7, 11) is 0. The van der Waals surface area contributed by atoms with E-state index in [2.05, 4.69) is 29.3 Å². The summed E-state index contributed by atoms with van der Waals surface area (Å²) in [5.74, 6) is -1.10. The normalized spacial score (nSPS) is 11.5. The Morgan fingerprint density at radius 1 is 1.07 bits per heavy atom. The zero-order valence-electron chi connectivity index (χ0n) is 16.7. The summed E-state index contributed by atoms with van der Waals surface area (Å²) in [5.41, 5.74) is 11.0. The number of nitrogens with zero attached hydrogens (tertiary/aromatic N) is 2. The molecule has 3 rings (SSSR count). The molecule has 0 unspecified atom stereocenters. The Morgan fingerprint density at radius 2 is 1.76 bits per heavy atom. The van der Waals surface area contributed by atoms with Gasteiger partial charge < -0.3 is 15.1 Å². The average molecular weight is 392 g/mol. The molecule has 0 bridgehead atoms. The Morgan fingerprint density at radius 3 is 2.38 bits per heavy atom. The van der Waals surface area contributed by atoms with E-state index < -0.39 is 11.8 Å². The van der Waals surface area contributed by atoms with Crippen LogP contribution in [0.5, 0.6) is 0 Å². The third-order valence-electron chi connectivity index (χ3n) is 4.70. The van der Waals surface area contributed by atoms with Crippen molar-refractivity contribution in [3.05, 3.63) is 70.8 Å². The third-order valence-corrected chi connectivity index (χ3v) is 4.70. The lowest BCUT2D eigenvalue weighted by Gasteiger charge is -2.21. The van der Waals surface area contributed by atoms with Crippen molar-refractivity contribution in [2.75, 3.05) is 18.0 Å². The number of nitrogens with two attached hydrogens (primary N) is 1. The van der Waals surface area contributed by atoms with Crippen LogP contribution in [0.25, 0.3) is 11.0 Å². The Balaban J connectivity index is 2.02. The van der Waals surface area contributed by atoms with Gasteiger partial charge in [0.25, 0.3) is 11.8 Å². The molecule has 0 aliphatic heterocycles. The molecular formula is C22H24N4O3. The van der Waals surface area contributed by atoms with E-state index in [4.69, 9.17) is 10.2 Å². The Bertz CT molecular complexity index is 1110. The van der Waals surface area contributed by atoms with Gasteiger partial charge in [-0.05, 0) is 51.1 Å². The fourth-order valence-corrected chi connectivity index (χ4v) is 3.02. The first-order chi connectivity index (χ1) is 13.9. The number of anilines is 1. The molecule has 0 spiro atoms. The largest absolute Gasteiger partial charge is 0.436 e. The maximum atomic E-state index is 12.3. The van der Waals surface area contributed by atoms with Crippen LogP contribution in [0.1, 0.15) is 40.1 Å². The summed E-state index contributed by atoms with van der Waals surface area (Å²) in [6.07, 6.45) is 0. The lowest BCUT2D eigenvalue weighted by atomic mass is 10.1. The highest BCUT2D eigenvalue weighted by Crippen LogP contribution is 2.21. The predicted molar refractivity (Wildman–Crippen MR) is 113 cm³/mol. The van der Waals surface area contributed by atoms with Crippen molar-refractivity contribution in [2.45, 2.75) is 20.8 Å². The summed E-state index contributed by atoms with van der Waals surface area (Å²) in [6.45, 7) is 7.78. The summed E-state index contributed by atoms with van der Waals surface area (Å²) in [4.78, 5) is 26.4. The van der Waals surface area contributed by atoms with Gasteiger partial charge in [0.2, 0.25) is 5.55 Å². The van der Waals surface area contributed by atoms with Crippen LogP contribution >= 0.6 is 0 Å². The quantitative estimate of drug-likeness (QED) is 0.630.